The molecular weight excluding hydrogens is 268 g/mol. The lowest BCUT2D eigenvalue weighted by Crippen LogP contribution is -2.41. The van der Waals surface area contributed by atoms with Gasteiger partial charge in [-0.2, -0.15) is 0 Å². The van der Waals surface area contributed by atoms with Crippen molar-refractivity contribution in [2.45, 2.75) is 38.9 Å². The highest BCUT2D eigenvalue weighted by Gasteiger charge is 2.52. The summed E-state index contributed by atoms with van der Waals surface area (Å²) in [6.07, 6.45) is 0. The predicted molar refractivity (Wildman–Crippen MR) is 70.4 cm³/mol. The van der Waals surface area contributed by atoms with Gasteiger partial charge in [0.1, 0.15) is 0 Å². The van der Waals surface area contributed by atoms with Gasteiger partial charge in [0.2, 0.25) is 5.75 Å². The molecule has 0 unspecified atom stereocenters. The Balaban J connectivity index is 2.43. The summed E-state index contributed by atoms with van der Waals surface area (Å²) < 4.78 is 24.9. The lowest BCUT2D eigenvalue weighted by Gasteiger charge is -2.32. The Labute approximate surface area is 115 Å². The molecule has 0 bridgehead atoms. The molecule has 108 valence electrons. The van der Waals surface area contributed by atoms with Crippen LogP contribution in [0.4, 0.5) is 10.1 Å². The molecular formula is C12H15BFNO5. The summed E-state index contributed by atoms with van der Waals surface area (Å²) in [6, 6.07) is 2.03. The normalized spacial score (nSPS) is 20.1. The molecule has 6 nitrogen and oxygen atoms in total. The monoisotopic (exact) mass is 283 g/mol. The Morgan fingerprint density at radius 2 is 1.75 bits per heavy atom. The molecule has 1 saturated heterocycles. The zero-order valence-corrected chi connectivity index (χ0v) is 11.6. The van der Waals surface area contributed by atoms with E-state index >= 15 is 0 Å². The Morgan fingerprint density at radius 3 is 2.20 bits per heavy atom. The fourth-order valence-corrected chi connectivity index (χ4v) is 1.86. The smallest absolute Gasteiger partial charge is 0.495 e. The molecule has 0 radical (unpaired) electrons. The van der Waals surface area contributed by atoms with Crippen LogP contribution in [0.1, 0.15) is 27.7 Å². The SMILES string of the molecule is CC1(C)OB(c2cc(F)c(O)c([N+](=O)[O-])c2)OC1(C)C. The zero-order valence-electron chi connectivity index (χ0n) is 11.6. The minimum Gasteiger partial charge on any atom is -0.500 e. The minimum atomic E-state index is -1.08. The van der Waals surface area contributed by atoms with E-state index in [-0.39, 0.29) is 5.46 Å². The van der Waals surface area contributed by atoms with E-state index in [0.29, 0.717) is 0 Å². The molecule has 1 fully saturated rings. The van der Waals surface area contributed by atoms with Crippen LogP contribution in [0.2, 0.25) is 0 Å². The molecule has 0 aliphatic carbocycles. The first-order valence-electron chi connectivity index (χ1n) is 6.07. The number of phenols is 1. The van der Waals surface area contributed by atoms with Gasteiger partial charge in [-0.25, -0.2) is 4.39 Å². The lowest BCUT2D eigenvalue weighted by atomic mass is 9.78. The molecule has 1 aliphatic heterocycles. The fourth-order valence-electron chi connectivity index (χ4n) is 1.86. The first kappa shape index (κ1) is 14.7. The Bertz CT molecular complexity index is 559. The summed E-state index contributed by atoms with van der Waals surface area (Å²) in [5, 5.41) is 20.1. The molecule has 0 amide bonds. The van der Waals surface area contributed by atoms with Crippen molar-refractivity contribution >= 4 is 18.3 Å². The summed E-state index contributed by atoms with van der Waals surface area (Å²) in [7, 11) is -0.922. The maximum absolute atomic E-state index is 13.6. The average Bonchev–Trinajstić information content (AvgIpc) is 2.51. The van der Waals surface area contributed by atoms with Crippen LogP contribution in [0, 0.1) is 15.9 Å². The second kappa shape index (κ2) is 4.42. The molecule has 2 rings (SSSR count). The van der Waals surface area contributed by atoms with Crippen LogP contribution in [-0.2, 0) is 9.31 Å². The molecule has 0 aromatic heterocycles. The standard InChI is InChI=1S/C12H15BFNO5/c1-11(2)12(3,4)20-13(19-11)7-5-8(14)10(16)9(6-7)15(17)18/h5-6,16H,1-4H3. The third kappa shape index (κ3) is 2.25. The van der Waals surface area contributed by atoms with Gasteiger partial charge in [-0.3, -0.25) is 10.1 Å². The summed E-state index contributed by atoms with van der Waals surface area (Å²) in [5.74, 6) is -2.07. The summed E-state index contributed by atoms with van der Waals surface area (Å²) >= 11 is 0. The average molecular weight is 283 g/mol. The third-order valence-corrected chi connectivity index (χ3v) is 3.79. The molecule has 8 heteroatoms. The number of nitro benzene ring substituents is 1. The predicted octanol–water partition coefficient (Wildman–Crippen LogP) is 1.74. The van der Waals surface area contributed by atoms with Gasteiger partial charge in [-0.05, 0) is 39.2 Å². The second-order valence-corrected chi connectivity index (χ2v) is 5.72. The van der Waals surface area contributed by atoms with Crippen LogP contribution >= 0.6 is 0 Å². The van der Waals surface area contributed by atoms with Gasteiger partial charge >= 0.3 is 12.8 Å². The van der Waals surface area contributed by atoms with E-state index < -0.39 is 40.5 Å². The molecule has 20 heavy (non-hydrogen) atoms. The summed E-state index contributed by atoms with van der Waals surface area (Å²) in [5.41, 5.74) is -1.83. The van der Waals surface area contributed by atoms with Crippen LogP contribution in [0.3, 0.4) is 0 Å². The first-order chi connectivity index (χ1) is 9.05. The van der Waals surface area contributed by atoms with Crippen molar-refractivity contribution < 1.29 is 23.7 Å². The van der Waals surface area contributed by atoms with Gasteiger partial charge in [0.25, 0.3) is 0 Å². The number of benzene rings is 1. The maximum Gasteiger partial charge on any atom is 0.495 e. The summed E-state index contributed by atoms with van der Waals surface area (Å²) in [4.78, 5) is 9.94. The Morgan fingerprint density at radius 1 is 1.25 bits per heavy atom. The van der Waals surface area contributed by atoms with Crippen molar-refractivity contribution in [2.24, 2.45) is 0 Å². The van der Waals surface area contributed by atoms with Crippen LogP contribution in [0.5, 0.6) is 5.75 Å². The molecule has 0 saturated carbocycles. The van der Waals surface area contributed by atoms with Gasteiger partial charge in [-0.1, -0.05) is 0 Å². The van der Waals surface area contributed by atoms with E-state index in [1.807, 2.05) is 27.7 Å². The first-order valence-corrected chi connectivity index (χ1v) is 6.07. The van der Waals surface area contributed by atoms with E-state index in [1.54, 1.807) is 0 Å². The van der Waals surface area contributed by atoms with E-state index in [9.17, 15) is 19.6 Å². The van der Waals surface area contributed by atoms with E-state index in [1.165, 1.54) is 0 Å². The van der Waals surface area contributed by atoms with Gasteiger partial charge in [0.05, 0.1) is 16.1 Å². The molecule has 0 atom stereocenters. The van der Waals surface area contributed by atoms with Crippen molar-refractivity contribution in [1.82, 2.24) is 0 Å². The highest BCUT2D eigenvalue weighted by atomic mass is 19.1. The van der Waals surface area contributed by atoms with Crippen LogP contribution in [-0.4, -0.2) is 28.4 Å². The number of nitrogens with zero attached hydrogens (tertiary/aromatic N) is 1. The molecule has 1 aromatic rings. The molecule has 1 aromatic carbocycles. The lowest BCUT2D eigenvalue weighted by molar-refractivity contribution is -0.386. The van der Waals surface area contributed by atoms with E-state index in [0.717, 1.165) is 12.1 Å². The van der Waals surface area contributed by atoms with Gasteiger partial charge < -0.3 is 14.4 Å². The van der Waals surface area contributed by atoms with E-state index in [4.69, 9.17) is 9.31 Å². The summed E-state index contributed by atoms with van der Waals surface area (Å²) in [6.45, 7) is 7.27. The second-order valence-electron chi connectivity index (χ2n) is 5.72. The van der Waals surface area contributed by atoms with Gasteiger partial charge in [-0.15, -0.1) is 0 Å². The van der Waals surface area contributed by atoms with Crippen LogP contribution in [0.25, 0.3) is 0 Å². The third-order valence-electron chi connectivity index (χ3n) is 3.79. The number of nitro groups is 1. The number of halogens is 1. The molecule has 1 heterocycles. The number of aromatic hydroxyl groups is 1. The number of hydrogen-bond acceptors (Lipinski definition) is 5. The Hall–Kier alpha value is -1.67. The van der Waals surface area contributed by atoms with E-state index in [2.05, 4.69) is 0 Å². The van der Waals surface area contributed by atoms with Crippen molar-refractivity contribution in [3.63, 3.8) is 0 Å². The highest BCUT2D eigenvalue weighted by Crippen LogP contribution is 2.37. The largest absolute Gasteiger partial charge is 0.500 e. The fraction of sp³-hybridized carbons (Fsp3) is 0.500. The van der Waals surface area contributed by atoms with Gasteiger partial charge in [0.15, 0.2) is 5.82 Å². The topological polar surface area (TPSA) is 81.8 Å². The van der Waals surface area contributed by atoms with Gasteiger partial charge in [0, 0.05) is 6.07 Å². The van der Waals surface area contributed by atoms with Crippen LogP contribution in [0.15, 0.2) is 12.1 Å². The van der Waals surface area contributed by atoms with Crippen molar-refractivity contribution in [3.05, 3.63) is 28.1 Å². The highest BCUT2D eigenvalue weighted by molar-refractivity contribution is 6.62. The number of hydrogen-bond donors (Lipinski definition) is 1. The molecule has 0 spiro atoms. The zero-order chi connectivity index (χ0) is 15.3. The molecule has 1 aliphatic rings. The minimum absolute atomic E-state index is 0.158. The van der Waals surface area contributed by atoms with Crippen molar-refractivity contribution in [3.8, 4) is 5.75 Å². The Kier molecular flexibility index (Phi) is 3.26. The number of rotatable bonds is 2. The maximum atomic E-state index is 13.6. The van der Waals surface area contributed by atoms with Crippen molar-refractivity contribution in [1.29, 1.82) is 0 Å². The molecule has 1 N–H and O–H groups in total. The number of phenolic OH excluding ortho intramolecular Hbond substituents is 1. The van der Waals surface area contributed by atoms with Crippen molar-refractivity contribution in [2.75, 3.05) is 0 Å². The quantitative estimate of drug-likeness (QED) is 0.508. The van der Waals surface area contributed by atoms with Crippen LogP contribution < -0.4 is 5.46 Å².